The molecule has 1 aromatic heterocycles. The van der Waals surface area contributed by atoms with Crippen molar-refractivity contribution >= 4 is 28.2 Å². The van der Waals surface area contributed by atoms with E-state index in [1.807, 2.05) is 19.9 Å². The van der Waals surface area contributed by atoms with E-state index in [4.69, 9.17) is 0 Å². The molecule has 17 heavy (non-hydrogen) atoms. The number of benzene rings is 1. The molecule has 2 aromatic rings. The van der Waals surface area contributed by atoms with Gasteiger partial charge in [0.1, 0.15) is 0 Å². The Morgan fingerprint density at radius 1 is 1.06 bits per heavy atom. The molecule has 0 saturated carbocycles. The van der Waals surface area contributed by atoms with Crippen LogP contribution in [0.1, 0.15) is 19.4 Å². The van der Waals surface area contributed by atoms with Gasteiger partial charge in [-0.1, -0.05) is 5.57 Å². The quantitative estimate of drug-likeness (QED) is 0.600. The number of amides is 1. The van der Waals surface area contributed by atoms with Crippen LogP contribution in [0.25, 0.3) is 16.6 Å². The van der Waals surface area contributed by atoms with Gasteiger partial charge in [0.05, 0.1) is 16.7 Å². The first-order valence-corrected chi connectivity index (χ1v) is 5.31. The first-order valence-electron chi connectivity index (χ1n) is 5.31. The number of aromatic nitrogens is 2. The fourth-order valence-corrected chi connectivity index (χ4v) is 2.20. The van der Waals surface area contributed by atoms with Crippen molar-refractivity contribution in [3.8, 4) is 0 Å². The van der Waals surface area contributed by atoms with Gasteiger partial charge in [-0.05, 0) is 26.0 Å². The number of nitrogens with one attached hydrogen (secondary N) is 3. The second-order valence-corrected chi connectivity index (χ2v) is 4.35. The highest BCUT2D eigenvalue weighted by Gasteiger charge is 2.25. The van der Waals surface area contributed by atoms with Gasteiger partial charge in [-0.3, -0.25) is 4.79 Å². The van der Waals surface area contributed by atoms with E-state index in [2.05, 4.69) is 15.3 Å². The van der Waals surface area contributed by atoms with Gasteiger partial charge in [-0.25, -0.2) is 4.79 Å². The van der Waals surface area contributed by atoms with Crippen LogP contribution in [-0.2, 0) is 4.79 Å². The lowest BCUT2D eigenvalue weighted by atomic mass is 10.0. The number of carbonyl (C=O) groups excluding carboxylic acids is 1. The summed E-state index contributed by atoms with van der Waals surface area (Å²) in [5.74, 6) is -0.0880. The van der Waals surface area contributed by atoms with Crippen molar-refractivity contribution in [1.82, 2.24) is 9.97 Å². The number of anilines is 1. The van der Waals surface area contributed by atoms with E-state index in [9.17, 15) is 9.59 Å². The summed E-state index contributed by atoms with van der Waals surface area (Å²) in [5, 5.41) is 2.80. The Bertz CT molecular complexity index is 730. The van der Waals surface area contributed by atoms with Crippen molar-refractivity contribution in [2.45, 2.75) is 13.8 Å². The number of hydrogen-bond donors (Lipinski definition) is 3. The fourth-order valence-electron chi connectivity index (χ4n) is 2.20. The van der Waals surface area contributed by atoms with E-state index in [1.54, 1.807) is 6.07 Å². The molecule has 0 aliphatic carbocycles. The Kier molecular flexibility index (Phi) is 1.80. The van der Waals surface area contributed by atoms with Gasteiger partial charge in [0.15, 0.2) is 0 Å². The van der Waals surface area contributed by atoms with E-state index >= 15 is 0 Å². The molecule has 5 heteroatoms. The van der Waals surface area contributed by atoms with Crippen molar-refractivity contribution in [2.24, 2.45) is 0 Å². The van der Waals surface area contributed by atoms with E-state index < -0.39 is 0 Å². The lowest BCUT2D eigenvalue weighted by Gasteiger charge is -2.00. The minimum atomic E-state index is -0.242. The number of allylic oxidation sites excluding steroid dienone is 1. The highest BCUT2D eigenvalue weighted by atomic mass is 16.2. The molecule has 5 nitrogen and oxygen atoms in total. The average molecular weight is 229 g/mol. The molecule has 1 amide bonds. The van der Waals surface area contributed by atoms with Crippen LogP contribution in [0.5, 0.6) is 0 Å². The Morgan fingerprint density at radius 2 is 1.71 bits per heavy atom. The van der Waals surface area contributed by atoms with Crippen LogP contribution in [0, 0.1) is 0 Å². The summed E-state index contributed by atoms with van der Waals surface area (Å²) in [4.78, 5) is 28.3. The number of H-pyrrole nitrogens is 2. The van der Waals surface area contributed by atoms with Gasteiger partial charge in [-0.2, -0.15) is 0 Å². The molecule has 0 atom stereocenters. The Hall–Kier alpha value is -2.30. The summed E-state index contributed by atoms with van der Waals surface area (Å²) in [7, 11) is 0. The zero-order valence-electron chi connectivity index (χ0n) is 9.47. The summed E-state index contributed by atoms with van der Waals surface area (Å²) < 4.78 is 0. The highest BCUT2D eigenvalue weighted by molar-refractivity contribution is 6.32. The number of carbonyl (C=O) groups is 1. The summed E-state index contributed by atoms with van der Waals surface area (Å²) in [6, 6.07) is 3.60. The molecule has 0 spiro atoms. The molecule has 3 rings (SSSR count). The first kappa shape index (κ1) is 9.89. The van der Waals surface area contributed by atoms with Crippen molar-refractivity contribution in [3.63, 3.8) is 0 Å². The lowest BCUT2D eigenvalue weighted by Crippen LogP contribution is -2.04. The monoisotopic (exact) mass is 229 g/mol. The molecule has 1 aliphatic heterocycles. The lowest BCUT2D eigenvalue weighted by molar-refractivity contribution is -0.110. The van der Waals surface area contributed by atoms with E-state index in [1.165, 1.54) is 0 Å². The summed E-state index contributed by atoms with van der Waals surface area (Å²) >= 11 is 0. The second-order valence-electron chi connectivity index (χ2n) is 4.35. The van der Waals surface area contributed by atoms with Gasteiger partial charge in [0.2, 0.25) is 0 Å². The molecule has 1 aliphatic rings. The van der Waals surface area contributed by atoms with Gasteiger partial charge in [0.25, 0.3) is 5.91 Å². The molecule has 0 unspecified atom stereocenters. The molecule has 2 heterocycles. The van der Waals surface area contributed by atoms with Gasteiger partial charge in [-0.15, -0.1) is 0 Å². The van der Waals surface area contributed by atoms with Crippen LogP contribution in [-0.4, -0.2) is 15.9 Å². The topological polar surface area (TPSA) is 77.8 Å². The molecule has 0 fully saturated rings. The minimum Gasteiger partial charge on any atom is -0.321 e. The number of fused-ring (bicyclic) bond motifs is 2. The van der Waals surface area contributed by atoms with Crippen LogP contribution in [0.15, 0.2) is 22.5 Å². The molecular weight excluding hydrogens is 218 g/mol. The fraction of sp³-hybridized carbons (Fsp3) is 0.167. The van der Waals surface area contributed by atoms with Crippen LogP contribution in [0.2, 0.25) is 0 Å². The van der Waals surface area contributed by atoms with E-state index in [0.29, 0.717) is 16.6 Å². The number of aromatic amines is 2. The summed E-state index contributed by atoms with van der Waals surface area (Å²) in [5.41, 5.74) is 4.40. The molecule has 1 aromatic carbocycles. The third kappa shape index (κ3) is 1.32. The third-order valence-electron chi connectivity index (χ3n) is 2.90. The zero-order valence-corrected chi connectivity index (χ0v) is 9.47. The maximum atomic E-state index is 11.8. The molecule has 86 valence electrons. The number of imidazole rings is 1. The zero-order chi connectivity index (χ0) is 12.2. The molecular formula is C12H11N3O2. The van der Waals surface area contributed by atoms with E-state index in [-0.39, 0.29) is 11.6 Å². The van der Waals surface area contributed by atoms with Crippen molar-refractivity contribution < 1.29 is 4.79 Å². The van der Waals surface area contributed by atoms with Crippen molar-refractivity contribution in [1.29, 1.82) is 0 Å². The molecule has 0 radical (unpaired) electrons. The molecule has 3 N–H and O–H groups in total. The van der Waals surface area contributed by atoms with Gasteiger partial charge in [0, 0.05) is 11.1 Å². The molecule has 0 saturated heterocycles. The average Bonchev–Trinajstić information content (AvgIpc) is 2.70. The van der Waals surface area contributed by atoms with Gasteiger partial charge < -0.3 is 15.3 Å². The van der Waals surface area contributed by atoms with Crippen LogP contribution < -0.4 is 11.0 Å². The highest BCUT2D eigenvalue weighted by Crippen LogP contribution is 2.35. The first-order chi connectivity index (χ1) is 8.06. The summed E-state index contributed by atoms with van der Waals surface area (Å²) in [6.07, 6.45) is 0. The Morgan fingerprint density at radius 3 is 2.35 bits per heavy atom. The van der Waals surface area contributed by atoms with Crippen LogP contribution in [0.3, 0.4) is 0 Å². The number of hydrogen-bond acceptors (Lipinski definition) is 2. The van der Waals surface area contributed by atoms with Crippen molar-refractivity contribution in [3.05, 3.63) is 33.8 Å². The predicted octanol–water partition coefficient (Wildman–Crippen LogP) is 1.60. The normalized spacial score (nSPS) is 14.0. The smallest absolute Gasteiger partial charge is 0.321 e. The van der Waals surface area contributed by atoms with Crippen LogP contribution in [0.4, 0.5) is 5.69 Å². The van der Waals surface area contributed by atoms with Crippen molar-refractivity contribution in [2.75, 3.05) is 5.32 Å². The number of rotatable bonds is 0. The standard InChI is InChI=1S/C12H11N3O2/c1-5(2)10-6-3-8-9(15-12(17)14-8)4-7(6)13-11(10)16/h3-4H,1-2H3,(H,13,16)(H2,14,15,17). The van der Waals surface area contributed by atoms with Gasteiger partial charge >= 0.3 is 5.69 Å². The Balaban J connectivity index is 2.37. The van der Waals surface area contributed by atoms with E-state index in [0.717, 1.165) is 16.8 Å². The third-order valence-corrected chi connectivity index (χ3v) is 2.90. The van der Waals surface area contributed by atoms with Crippen LogP contribution >= 0.6 is 0 Å². The minimum absolute atomic E-state index is 0.0880. The largest absolute Gasteiger partial charge is 0.323 e. The second kappa shape index (κ2) is 3.10. The Labute approximate surface area is 96.5 Å². The molecule has 0 bridgehead atoms. The maximum Gasteiger partial charge on any atom is 0.323 e. The predicted molar refractivity (Wildman–Crippen MR) is 65.8 cm³/mol. The SMILES string of the molecule is CC(C)=C1C(=O)Nc2cc3[nH]c(=O)[nH]c3cc21. The maximum absolute atomic E-state index is 11.8. The summed E-state index contributed by atoms with van der Waals surface area (Å²) in [6.45, 7) is 3.79.